The second-order valence-electron chi connectivity index (χ2n) is 4.41. The van der Waals surface area contributed by atoms with Crippen LogP contribution in [0.1, 0.15) is 6.42 Å². The first-order chi connectivity index (χ1) is 9.06. The molecule has 1 aromatic carbocycles. The fraction of sp³-hybridized carbons (Fsp3) is 0.385. The molecule has 0 spiro atoms. The van der Waals surface area contributed by atoms with Gasteiger partial charge in [0.05, 0.1) is 5.92 Å². The van der Waals surface area contributed by atoms with Crippen LogP contribution in [0.3, 0.4) is 0 Å². The minimum absolute atomic E-state index is 0.0667. The van der Waals surface area contributed by atoms with Crippen molar-refractivity contribution in [1.29, 1.82) is 0 Å². The standard InChI is InChI=1S/C13H14BrNO4/c14-10-2-1-3-11(6-10)19-8-12(16)15-5-4-9(7-15)13(17)18/h1-3,6,9H,4-5,7-8H2,(H,17,18)/t9-/m0/s1. The molecule has 0 unspecified atom stereocenters. The summed E-state index contributed by atoms with van der Waals surface area (Å²) in [6, 6.07) is 7.23. The summed E-state index contributed by atoms with van der Waals surface area (Å²) >= 11 is 3.32. The second kappa shape index (κ2) is 6.06. The molecule has 0 bridgehead atoms. The molecule has 1 fully saturated rings. The van der Waals surface area contributed by atoms with E-state index in [1.807, 2.05) is 12.1 Å². The number of ether oxygens (including phenoxy) is 1. The lowest BCUT2D eigenvalue weighted by molar-refractivity contribution is -0.141. The molecule has 1 N–H and O–H groups in total. The van der Waals surface area contributed by atoms with E-state index in [0.29, 0.717) is 18.7 Å². The molecule has 0 aromatic heterocycles. The molecule has 6 heteroatoms. The Bertz CT molecular complexity index is 491. The van der Waals surface area contributed by atoms with Crippen molar-refractivity contribution >= 4 is 27.8 Å². The number of hydrogen-bond acceptors (Lipinski definition) is 3. The minimum atomic E-state index is -0.844. The molecule has 0 saturated carbocycles. The summed E-state index contributed by atoms with van der Waals surface area (Å²) < 4.78 is 6.27. The summed E-state index contributed by atoms with van der Waals surface area (Å²) in [7, 11) is 0. The van der Waals surface area contributed by atoms with Crippen molar-refractivity contribution in [2.24, 2.45) is 5.92 Å². The highest BCUT2D eigenvalue weighted by Crippen LogP contribution is 2.19. The number of carbonyl (C=O) groups excluding carboxylic acids is 1. The average Bonchev–Trinajstić information content (AvgIpc) is 2.86. The Kier molecular flexibility index (Phi) is 4.42. The van der Waals surface area contributed by atoms with E-state index in [1.54, 1.807) is 12.1 Å². The fourth-order valence-corrected chi connectivity index (χ4v) is 2.36. The smallest absolute Gasteiger partial charge is 0.308 e. The number of hydrogen-bond donors (Lipinski definition) is 1. The molecule has 1 aliphatic heterocycles. The Morgan fingerprint density at radius 1 is 1.47 bits per heavy atom. The summed E-state index contributed by atoms with van der Waals surface area (Å²) in [5, 5.41) is 8.88. The highest BCUT2D eigenvalue weighted by Gasteiger charge is 2.30. The molecular formula is C13H14BrNO4. The van der Waals surface area contributed by atoms with Gasteiger partial charge in [-0.2, -0.15) is 0 Å². The SMILES string of the molecule is O=C(O)[C@H]1CCN(C(=O)COc2cccc(Br)c2)C1. The number of aliphatic carboxylic acids is 1. The number of benzene rings is 1. The first kappa shape index (κ1) is 13.9. The van der Waals surface area contributed by atoms with Crippen LogP contribution >= 0.6 is 15.9 Å². The molecular weight excluding hydrogens is 314 g/mol. The lowest BCUT2D eigenvalue weighted by Crippen LogP contribution is -2.33. The summed E-state index contributed by atoms with van der Waals surface area (Å²) in [4.78, 5) is 24.2. The van der Waals surface area contributed by atoms with Crippen molar-refractivity contribution in [2.45, 2.75) is 6.42 Å². The zero-order valence-electron chi connectivity index (χ0n) is 10.2. The maximum absolute atomic E-state index is 11.9. The van der Waals surface area contributed by atoms with E-state index in [9.17, 15) is 9.59 Å². The molecule has 5 nitrogen and oxygen atoms in total. The summed E-state index contributed by atoms with van der Waals surface area (Å²) in [6.45, 7) is 0.691. The predicted molar refractivity (Wildman–Crippen MR) is 72.0 cm³/mol. The van der Waals surface area contributed by atoms with E-state index in [0.717, 1.165) is 4.47 Å². The van der Waals surface area contributed by atoms with Crippen LogP contribution in [0.25, 0.3) is 0 Å². The van der Waals surface area contributed by atoms with Crippen LogP contribution < -0.4 is 4.74 Å². The van der Waals surface area contributed by atoms with Crippen LogP contribution in [0, 0.1) is 5.92 Å². The van der Waals surface area contributed by atoms with E-state index >= 15 is 0 Å². The van der Waals surface area contributed by atoms with Gasteiger partial charge in [-0.15, -0.1) is 0 Å². The topological polar surface area (TPSA) is 66.8 Å². The van der Waals surface area contributed by atoms with Crippen LogP contribution in [0.4, 0.5) is 0 Å². The molecule has 19 heavy (non-hydrogen) atoms. The van der Waals surface area contributed by atoms with Gasteiger partial charge in [-0.1, -0.05) is 22.0 Å². The Morgan fingerprint density at radius 3 is 2.89 bits per heavy atom. The number of amides is 1. The molecule has 1 aliphatic rings. The van der Waals surface area contributed by atoms with Crippen molar-refractivity contribution in [3.05, 3.63) is 28.7 Å². The van der Waals surface area contributed by atoms with Crippen molar-refractivity contribution in [1.82, 2.24) is 4.90 Å². The van der Waals surface area contributed by atoms with E-state index < -0.39 is 11.9 Å². The molecule has 1 amide bonds. The summed E-state index contributed by atoms with van der Waals surface area (Å²) in [6.07, 6.45) is 0.512. The third-order valence-electron chi connectivity index (χ3n) is 3.05. The van der Waals surface area contributed by atoms with Crippen LogP contribution in [-0.4, -0.2) is 41.6 Å². The van der Waals surface area contributed by atoms with Gasteiger partial charge in [-0.25, -0.2) is 0 Å². The zero-order valence-corrected chi connectivity index (χ0v) is 11.8. The van der Waals surface area contributed by atoms with Crippen molar-refractivity contribution in [2.75, 3.05) is 19.7 Å². The predicted octanol–water partition coefficient (Wildman–Crippen LogP) is 1.76. The van der Waals surface area contributed by atoms with Crippen molar-refractivity contribution < 1.29 is 19.4 Å². The molecule has 1 aromatic rings. The number of nitrogens with zero attached hydrogens (tertiary/aromatic N) is 1. The Balaban J connectivity index is 1.84. The summed E-state index contributed by atoms with van der Waals surface area (Å²) in [5.74, 6) is -0.863. The van der Waals surface area contributed by atoms with Gasteiger partial charge < -0.3 is 14.7 Å². The summed E-state index contributed by atoms with van der Waals surface area (Å²) in [5.41, 5.74) is 0. The Morgan fingerprint density at radius 2 is 2.26 bits per heavy atom. The van der Waals surface area contributed by atoms with Crippen LogP contribution in [0.2, 0.25) is 0 Å². The highest BCUT2D eigenvalue weighted by molar-refractivity contribution is 9.10. The monoisotopic (exact) mass is 327 g/mol. The van der Waals surface area contributed by atoms with Crippen molar-refractivity contribution in [3.63, 3.8) is 0 Å². The Hall–Kier alpha value is -1.56. The van der Waals surface area contributed by atoms with E-state index in [-0.39, 0.29) is 19.1 Å². The normalized spacial score (nSPS) is 18.4. The molecule has 102 valence electrons. The van der Waals surface area contributed by atoms with E-state index in [2.05, 4.69) is 15.9 Å². The fourth-order valence-electron chi connectivity index (χ4n) is 1.98. The van der Waals surface area contributed by atoms with Gasteiger partial charge in [0, 0.05) is 17.6 Å². The molecule has 0 radical (unpaired) electrons. The number of carboxylic acids is 1. The number of carbonyl (C=O) groups is 2. The first-order valence-electron chi connectivity index (χ1n) is 5.95. The third-order valence-corrected chi connectivity index (χ3v) is 3.54. The number of halogens is 1. The highest BCUT2D eigenvalue weighted by atomic mass is 79.9. The van der Waals surface area contributed by atoms with E-state index in [1.165, 1.54) is 4.90 Å². The maximum Gasteiger partial charge on any atom is 0.308 e. The molecule has 1 saturated heterocycles. The van der Waals surface area contributed by atoms with Gasteiger partial charge in [0.2, 0.25) is 0 Å². The largest absolute Gasteiger partial charge is 0.484 e. The van der Waals surface area contributed by atoms with Gasteiger partial charge in [0.15, 0.2) is 6.61 Å². The van der Waals surface area contributed by atoms with Crippen molar-refractivity contribution in [3.8, 4) is 5.75 Å². The Labute approximate surface area is 119 Å². The first-order valence-corrected chi connectivity index (χ1v) is 6.74. The minimum Gasteiger partial charge on any atom is -0.484 e. The van der Waals surface area contributed by atoms with Crippen LogP contribution in [-0.2, 0) is 9.59 Å². The number of likely N-dealkylation sites (tertiary alicyclic amines) is 1. The van der Waals surface area contributed by atoms with Gasteiger partial charge in [-0.05, 0) is 24.6 Å². The van der Waals surface area contributed by atoms with Gasteiger partial charge >= 0.3 is 5.97 Å². The van der Waals surface area contributed by atoms with Gasteiger partial charge in [-0.3, -0.25) is 9.59 Å². The third kappa shape index (κ3) is 3.70. The quantitative estimate of drug-likeness (QED) is 0.915. The van der Waals surface area contributed by atoms with Gasteiger partial charge in [0.1, 0.15) is 5.75 Å². The van der Waals surface area contributed by atoms with E-state index in [4.69, 9.17) is 9.84 Å². The number of rotatable bonds is 4. The van der Waals surface area contributed by atoms with Crippen LogP contribution in [0.15, 0.2) is 28.7 Å². The maximum atomic E-state index is 11.9. The molecule has 1 heterocycles. The second-order valence-corrected chi connectivity index (χ2v) is 5.33. The lowest BCUT2D eigenvalue weighted by atomic mass is 10.1. The molecule has 1 atom stereocenters. The average molecular weight is 328 g/mol. The van der Waals surface area contributed by atoms with Crippen LogP contribution in [0.5, 0.6) is 5.75 Å². The van der Waals surface area contributed by atoms with Gasteiger partial charge in [0.25, 0.3) is 5.91 Å². The lowest BCUT2D eigenvalue weighted by Gasteiger charge is -2.16. The molecule has 2 rings (SSSR count). The number of carboxylic acid groups (broad SMARTS) is 1. The molecule has 0 aliphatic carbocycles. The zero-order chi connectivity index (χ0) is 13.8.